The summed E-state index contributed by atoms with van der Waals surface area (Å²) in [5.74, 6) is -0.369. The van der Waals surface area contributed by atoms with Crippen molar-refractivity contribution in [2.24, 2.45) is 0 Å². The lowest BCUT2D eigenvalue weighted by Crippen LogP contribution is -2.54. The third kappa shape index (κ3) is 4.60. The summed E-state index contributed by atoms with van der Waals surface area (Å²) >= 11 is 0. The van der Waals surface area contributed by atoms with E-state index in [1.807, 2.05) is 0 Å². The Balaban J connectivity index is 2.19. The van der Waals surface area contributed by atoms with Crippen molar-refractivity contribution in [3.63, 3.8) is 0 Å². The van der Waals surface area contributed by atoms with Crippen molar-refractivity contribution < 1.29 is 26.3 Å². The average Bonchev–Trinajstić information content (AvgIpc) is 2.23. The molecule has 1 fully saturated rings. The number of nitrogens with one attached hydrogen (secondary N) is 1. The van der Waals surface area contributed by atoms with Gasteiger partial charge in [-0.2, -0.15) is 0 Å². The van der Waals surface area contributed by atoms with Crippen LogP contribution in [0.1, 0.15) is 25.5 Å². The van der Waals surface area contributed by atoms with E-state index >= 15 is 0 Å². The highest BCUT2D eigenvalue weighted by Crippen LogP contribution is 2.28. The predicted octanol–water partition coefficient (Wildman–Crippen LogP) is 2.42. The van der Waals surface area contributed by atoms with Gasteiger partial charge in [0.25, 0.3) is 0 Å². The zero-order chi connectivity index (χ0) is 15.9. The van der Waals surface area contributed by atoms with E-state index in [0.717, 1.165) is 0 Å². The monoisotopic (exact) mass is 323 g/mol. The summed E-state index contributed by atoms with van der Waals surface area (Å²) in [4.78, 5) is 0. The van der Waals surface area contributed by atoms with Crippen molar-refractivity contribution in [1.29, 1.82) is 0 Å². The van der Waals surface area contributed by atoms with Gasteiger partial charge in [0.15, 0.2) is 9.84 Å². The van der Waals surface area contributed by atoms with E-state index in [4.69, 9.17) is 0 Å². The molecule has 4 nitrogen and oxygen atoms in total. The molecule has 1 aliphatic rings. The van der Waals surface area contributed by atoms with Gasteiger partial charge in [-0.25, -0.2) is 8.42 Å². The number of ether oxygens (including phenoxy) is 1. The predicted molar refractivity (Wildman–Crippen MR) is 71.7 cm³/mol. The summed E-state index contributed by atoms with van der Waals surface area (Å²) in [6.45, 7) is 3.55. The number of alkyl halides is 3. The number of sulfone groups is 1. The molecular weight excluding hydrogens is 307 g/mol. The maximum absolute atomic E-state index is 12.1. The molecule has 118 valence electrons. The van der Waals surface area contributed by atoms with Crippen LogP contribution in [0.15, 0.2) is 24.3 Å². The Morgan fingerprint density at radius 3 is 2.29 bits per heavy atom. The molecule has 1 heterocycles. The minimum atomic E-state index is -4.74. The summed E-state index contributed by atoms with van der Waals surface area (Å²) in [5, 5.41) is 3.19. The zero-order valence-electron chi connectivity index (χ0n) is 11.6. The van der Waals surface area contributed by atoms with E-state index in [-0.39, 0.29) is 17.3 Å². The molecular formula is C13H16F3NO3S. The van der Waals surface area contributed by atoms with Crippen LogP contribution in [0, 0.1) is 0 Å². The van der Waals surface area contributed by atoms with E-state index in [0.29, 0.717) is 5.56 Å². The van der Waals surface area contributed by atoms with Gasteiger partial charge in [-0.15, -0.1) is 13.2 Å². The van der Waals surface area contributed by atoms with Gasteiger partial charge >= 0.3 is 6.36 Å². The van der Waals surface area contributed by atoms with Gasteiger partial charge in [0.05, 0.1) is 11.5 Å². The molecule has 1 saturated heterocycles. The van der Waals surface area contributed by atoms with Crippen LogP contribution in [-0.4, -0.2) is 31.8 Å². The third-order valence-corrected chi connectivity index (χ3v) is 5.09. The van der Waals surface area contributed by atoms with Gasteiger partial charge in [-0.05, 0) is 31.5 Å². The second-order valence-electron chi connectivity index (χ2n) is 5.75. The number of hydrogen-bond donors (Lipinski definition) is 1. The lowest BCUT2D eigenvalue weighted by atomic mass is 10.0. The molecule has 1 unspecified atom stereocenters. The first-order valence-electron chi connectivity index (χ1n) is 6.30. The van der Waals surface area contributed by atoms with Crippen LogP contribution in [-0.2, 0) is 9.84 Å². The lowest BCUT2D eigenvalue weighted by molar-refractivity contribution is -0.274. The lowest BCUT2D eigenvalue weighted by Gasteiger charge is -2.37. The minimum Gasteiger partial charge on any atom is -0.406 e. The van der Waals surface area contributed by atoms with Crippen molar-refractivity contribution in [3.8, 4) is 5.75 Å². The quantitative estimate of drug-likeness (QED) is 0.908. The topological polar surface area (TPSA) is 55.4 Å². The Labute approximate surface area is 121 Å². The normalized spacial score (nSPS) is 24.5. The molecule has 8 heteroatoms. The Morgan fingerprint density at radius 2 is 1.81 bits per heavy atom. The minimum absolute atomic E-state index is 0.0335. The van der Waals surface area contributed by atoms with Crippen LogP contribution in [0.2, 0.25) is 0 Å². The van der Waals surface area contributed by atoms with Gasteiger partial charge in [0.1, 0.15) is 5.75 Å². The maximum atomic E-state index is 12.1. The molecule has 21 heavy (non-hydrogen) atoms. The van der Waals surface area contributed by atoms with Crippen LogP contribution in [0.5, 0.6) is 5.75 Å². The van der Waals surface area contributed by atoms with Gasteiger partial charge in [-0.1, -0.05) is 12.1 Å². The molecule has 0 saturated carbocycles. The second-order valence-corrected chi connectivity index (χ2v) is 7.86. The van der Waals surface area contributed by atoms with Gasteiger partial charge in [0.2, 0.25) is 0 Å². The Kier molecular flexibility index (Phi) is 3.96. The first-order valence-corrected chi connectivity index (χ1v) is 8.12. The van der Waals surface area contributed by atoms with Crippen LogP contribution < -0.4 is 10.1 Å². The number of benzene rings is 1. The Morgan fingerprint density at radius 1 is 1.24 bits per heavy atom. The summed E-state index contributed by atoms with van der Waals surface area (Å²) in [6.07, 6.45) is -4.74. The van der Waals surface area contributed by atoms with Gasteiger partial charge < -0.3 is 10.1 Å². The molecule has 1 aliphatic heterocycles. The van der Waals surface area contributed by atoms with Gasteiger partial charge in [0, 0.05) is 11.6 Å². The second kappa shape index (κ2) is 5.17. The van der Waals surface area contributed by atoms with Crippen molar-refractivity contribution >= 4 is 9.84 Å². The number of hydrogen-bond acceptors (Lipinski definition) is 4. The molecule has 1 aromatic rings. The van der Waals surface area contributed by atoms with E-state index in [9.17, 15) is 21.6 Å². The fourth-order valence-corrected chi connectivity index (χ4v) is 4.58. The van der Waals surface area contributed by atoms with E-state index in [1.54, 1.807) is 13.8 Å². The summed E-state index contributed by atoms with van der Waals surface area (Å²) in [5.41, 5.74) is 0.0315. The first-order chi connectivity index (χ1) is 9.46. The summed E-state index contributed by atoms with van der Waals surface area (Å²) in [6, 6.07) is 4.79. The van der Waals surface area contributed by atoms with Crippen molar-refractivity contribution in [2.75, 3.05) is 11.5 Å². The number of rotatable bonds is 2. The smallest absolute Gasteiger partial charge is 0.406 e. The standard InChI is InChI=1S/C13H16F3NO3S/c1-12(2)8-21(18,19)7-11(17-12)9-3-5-10(6-4-9)20-13(14,15)16/h3-6,11,17H,7-8H2,1-2H3. The fourth-order valence-electron chi connectivity index (χ4n) is 2.50. The molecule has 2 rings (SSSR count). The van der Waals surface area contributed by atoms with Crippen molar-refractivity contribution in [1.82, 2.24) is 5.32 Å². The van der Waals surface area contributed by atoms with Crippen LogP contribution in [0.3, 0.4) is 0 Å². The fraction of sp³-hybridized carbons (Fsp3) is 0.538. The Bertz CT molecular complexity index is 609. The van der Waals surface area contributed by atoms with Crippen LogP contribution in [0.4, 0.5) is 13.2 Å². The molecule has 1 aromatic carbocycles. The molecule has 0 aromatic heterocycles. The molecule has 1 N–H and O–H groups in total. The van der Waals surface area contributed by atoms with Gasteiger partial charge in [-0.3, -0.25) is 0 Å². The molecule has 0 radical (unpaired) electrons. The average molecular weight is 323 g/mol. The highest BCUT2D eigenvalue weighted by molar-refractivity contribution is 7.91. The van der Waals surface area contributed by atoms with Crippen LogP contribution in [0.25, 0.3) is 0 Å². The van der Waals surface area contributed by atoms with E-state index in [2.05, 4.69) is 10.1 Å². The highest BCUT2D eigenvalue weighted by Gasteiger charge is 2.37. The summed E-state index contributed by atoms with van der Waals surface area (Å²) < 4.78 is 63.8. The maximum Gasteiger partial charge on any atom is 0.573 e. The highest BCUT2D eigenvalue weighted by atomic mass is 32.2. The first kappa shape index (κ1) is 16.1. The molecule has 0 aliphatic carbocycles. The largest absolute Gasteiger partial charge is 0.573 e. The molecule has 0 spiro atoms. The molecule has 0 bridgehead atoms. The summed E-state index contributed by atoms with van der Waals surface area (Å²) in [7, 11) is -3.20. The molecule has 0 amide bonds. The zero-order valence-corrected chi connectivity index (χ0v) is 12.4. The van der Waals surface area contributed by atoms with Crippen molar-refractivity contribution in [3.05, 3.63) is 29.8 Å². The van der Waals surface area contributed by atoms with Crippen molar-refractivity contribution in [2.45, 2.75) is 31.8 Å². The van der Waals surface area contributed by atoms with E-state index in [1.165, 1.54) is 24.3 Å². The number of halogens is 3. The molecule has 1 atom stereocenters. The van der Waals surface area contributed by atoms with Crippen LogP contribution >= 0.6 is 0 Å². The SMILES string of the molecule is CC1(C)CS(=O)(=O)CC(c2ccc(OC(F)(F)F)cc2)N1. The Hall–Kier alpha value is -1.28. The van der Waals surface area contributed by atoms with E-state index < -0.39 is 27.8 Å². The third-order valence-electron chi connectivity index (χ3n) is 3.08.